The Balaban J connectivity index is 1.98. The summed E-state index contributed by atoms with van der Waals surface area (Å²) in [5.41, 5.74) is 2.44. The first-order chi connectivity index (χ1) is 10.1. The highest BCUT2D eigenvalue weighted by Crippen LogP contribution is 2.29. The number of hydrogen-bond acceptors (Lipinski definition) is 3. The summed E-state index contributed by atoms with van der Waals surface area (Å²) >= 11 is 3.57. The van der Waals surface area contributed by atoms with E-state index >= 15 is 0 Å². The summed E-state index contributed by atoms with van der Waals surface area (Å²) in [6.45, 7) is 3.46. The van der Waals surface area contributed by atoms with Crippen LogP contribution in [0, 0.1) is 0 Å². The molecule has 0 bridgehead atoms. The highest BCUT2D eigenvalue weighted by molar-refractivity contribution is 9.10. The molecule has 0 spiro atoms. The molecule has 0 aromatic heterocycles. The number of halogens is 1. The van der Waals surface area contributed by atoms with Gasteiger partial charge in [-0.15, -0.1) is 0 Å². The summed E-state index contributed by atoms with van der Waals surface area (Å²) in [6.07, 6.45) is 6.56. The van der Waals surface area contributed by atoms with Gasteiger partial charge in [0.2, 0.25) is 0 Å². The van der Waals surface area contributed by atoms with Crippen molar-refractivity contribution in [2.24, 2.45) is 0 Å². The Morgan fingerprint density at radius 3 is 2.90 bits per heavy atom. The maximum atomic E-state index is 3.69. The molecular weight excluding hydrogens is 326 g/mol. The lowest BCUT2D eigenvalue weighted by atomic mass is 10.0. The molecule has 1 fully saturated rings. The summed E-state index contributed by atoms with van der Waals surface area (Å²) in [5, 5.41) is 7.38. The van der Waals surface area contributed by atoms with Crippen molar-refractivity contribution in [3.63, 3.8) is 0 Å². The molecule has 21 heavy (non-hydrogen) atoms. The van der Waals surface area contributed by atoms with Gasteiger partial charge in [-0.25, -0.2) is 0 Å². The molecule has 2 unspecified atom stereocenters. The molecule has 118 valence electrons. The summed E-state index contributed by atoms with van der Waals surface area (Å²) in [4.78, 5) is 2.16. The van der Waals surface area contributed by atoms with E-state index in [1.165, 1.54) is 50.0 Å². The fourth-order valence-electron chi connectivity index (χ4n) is 3.07. The second-order valence-corrected chi connectivity index (χ2v) is 7.25. The smallest absolute Gasteiger partial charge is 0.0597 e. The average Bonchev–Trinajstić information content (AvgIpc) is 2.66. The number of hydrogen-bond donors (Lipinski definition) is 2. The highest BCUT2D eigenvalue weighted by Gasteiger charge is 2.16. The minimum Gasteiger partial charge on any atom is -0.381 e. The molecule has 4 heteroatoms. The topological polar surface area (TPSA) is 27.3 Å². The van der Waals surface area contributed by atoms with Gasteiger partial charge < -0.3 is 15.5 Å². The Labute approximate surface area is 137 Å². The third-order valence-electron chi connectivity index (χ3n) is 4.14. The van der Waals surface area contributed by atoms with Crippen LogP contribution in [0.5, 0.6) is 0 Å². The Bertz CT molecular complexity index is 440. The summed E-state index contributed by atoms with van der Waals surface area (Å²) in [5.74, 6) is 0. The van der Waals surface area contributed by atoms with Gasteiger partial charge in [-0.3, -0.25) is 0 Å². The number of nitrogens with zero attached hydrogens (tertiary/aromatic N) is 1. The number of anilines is 2. The molecule has 1 aromatic rings. The minimum absolute atomic E-state index is 0.466. The molecule has 0 aliphatic carbocycles. The number of benzene rings is 1. The second kappa shape index (κ2) is 8.04. The standard InChI is InChI=1S/C17H28BrN3/c1-13(11-15-7-5-4-6-10-19-15)20-16-12-14(18)8-9-17(16)21(2)3/h8-9,12-13,15,19-20H,4-7,10-11H2,1-3H3. The number of nitrogens with one attached hydrogen (secondary N) is 2. The molecular formula is C17H28BrN3. The molecule has 1 aliphatic heterocycles. The highest BCUT2D eigenvalue weighted by atomic mass is 79.9. The van der Waals surface area contributed by atoms with Crippen molar-refractivity contribution in [3.8, 4) is 0 Å². The quantitative estimate of drug-likeness (QED) is 0.828. The van der Waals surface area contributed by atoms with Gasteiger partial charge in [0.1, 0.15) is 0 Å². The fourth-order valence-corrected chi connectivity index (χ4v) is 3.43. The number of rotatable bonds is 5. The van der Waals surface area contributed by atoms with Crippen molar-refractivity contribution in [3.05, 3.63) is 22.7 Å². The van der Waals surface area contributed by atoms with Crippen molar-refractivity contribution in [1.29, 1.82) is 0 Å². The fraction of sp³-hybridized carbons (Fsp3) is 0.647. The molecule has 1 saturated heterocycles. The van der Waals surface area contributed by atoms with Crippen LogP contribution in [0.4, 0.5) is 11.4 Å². The molecule has 1 aliphatic rings. The zero-order valence-electron chi connectivity index (χ0n) is 13.5. The largest absolute Gasteiger partial charge is 0.381 e. The van der Waals surface area contributed by atoms with Gasteiger partial charge in [-0.1, -0.05) is 28.8 Å². The maximum Gasteiger partial charge on any atom is 0.0597 e. The Hall–Kier alpha value is -0.740. The van der Waals surface area contributed by atoms with Crippen LogP contribution in [0.15, 0.2) is 22.7 Å². The predicted molar refractivity (Wildman–Crippen MR) is 96.4 cm³/mol. The zero-order chi connectivity index (χ0) is 15.2. The first kappa shape index (κ1) is 16.6. The molecule has 1 aromatic carbocycles. The van der Waals surface area contributed by atoms with Crippen LogP contribution in [0.3, 0.4) is 0 Å². The molecule has 0 saturated carbocycles. The summed E-state index contributed by atoms with van der Waals surface area (Å²) in [7, 11) is 4.18. The third kappa shape index (κ3) is 5.19. The molecule has 2 N–H and O–H groups in total. The normalized spacial score (nSPS) is 20.7. The van der Waals surface area contributed by atoms with Crippen LogP contribution in [-0.2, 0) is 0 Å². The van der Waals surface area contributed by atoms with Crippen LogP contribution in [-0.4, -0.2) is 32.7 Å². The van der Waals surface area contributed by atoms with Crippen molar-refractivity contribution in [2.45, 2.75) is 51.1 Å². The summed E-state index contributed by atoms with van der Waals surface area (Å²) in [6, 6.07) is 7.55. The van der Waals surface area contributed by atoms with Gasteiger partial charge in [0.05, 0.1) is 11.4 Å². The third-order valence-corrected chi connectivity index (χ3v) is 4.64. The predicted octanol–water partition coefficient (Wildman–Crippen LogP) is 4.24. The van der Waals surface area contributed by atoms with Crippen LogP contribution < -0.4 is 15.5 Å². The average molecular weight is 354 g/mol. The minimum atomic E-state index is 0.466. The Morgan fingerprint density at radius 1 is 1.33 bits per heavy atom. The Kier molecular flexibility index (Phi) is 6.37. The van der Waals surface area contributed by atoms with Crippen molar-refractivity contribution in [2.75, 3.05) is 30.9 Å². The van der Waals surface area contributed by atoms with Crippen molar-refractivity contribution in [1.82, 2.24) is 5.32 Å². The molecule has 2 rings (SSSR count). The van der Waals surface area contributed by atoms with E-state index in [1.807, 2.05) is 0 Å². The SMILES string of the molecule is CC(CC1CCCCCN1)Nc1cc(Br)ccc1N(C)C. The summed E-state index contributed by atoms with van der Waals surface area (Å²) < 4.78 is 1.12. The van der Waals surface area contributed by atoms with E-state index in [0.29, 0.717) is 12.1 Å². The molecule has 2 atom stereocenters. The first-order valence-corrected chi connectivity index (χ1v) is 8.82. The maximum absolute atomic E-state index is 3.69. The van der Waals surface area contributed by atoms with Crippen LogP contribution in [0.2, 0.25) is 0 Å². The van der Waals surface area contributed by atoms with Crippen molar-refractivity contribution < 1.29 is 0 Å². The zero-order valence-corrected chi connectivity index (χ0v) is 15.0. The van der Waals surface area contributed by atoms with E-state index in [1.54, 1.807) is 0 Å². The van der Waals surface area contributed by atoms with Crippen LogP contribution in [0.1, 0.15) is 39.0 Å². The van der Waals surface area contributed by atoms with E-state index in [2.05, 4.69) is 70.7 Å². The van der Waals surface area contributed by atoms with E-state index in [0.717, 1.165) is 4.47 Å². The monoisotopic (exact) mass is 353 g/mol. The lowest BCUT2D eigenvalue weighted by molar-refractivity contribution is 0.456. The lowest BCUT2D eigenvalue weighted by Gasteiger charge is -2.25. The van der Waals surface area contributed by atoms with Gasteiger partial charge in [0.15, 0.2) is 0 Å². The van der Waals surface area contributed by atoms with E-state index in [4.69, 9.17) is 0 Å². The van der Waals surface area contributed by atoms with Crippen molar-refractivity contribution >= 4 is 27.3 Å². The van der Waals surface area contributed by atoms with Gasteiger partial charge in [0, 0.05) is 30.7 Å². The first-order valence-electron chi connectivity index (χ1n) is 8.03. The molecule has 0 radical (unpaired) electrons. The van der Waals surface area contributed by atoms with Gasteiger partial charge >= 0.3 is 0 Å². The van der Waals surface area contributed by atoms with E-state index in [9.17, 15) is 0 Å². The van der Waals surface area contributed by atoms with Crippen LogP contribution >= 0.6 is 15.9 Å². The molecule has 3 nitrogen and oxygen atoms in total. The molecule has 0 amide bonds. The lowest BCUT2D eigenvalue weighted by Crippen LogP contribution is -2.33. The van der Waals surface area contributed by atoms with E-state index < -0.39 is 0 Å². The van der Waals surface area contributed by atoms with Gasteiger partial charge in [-0.2, -0.15) is 0 Å². The van der Waals surface area contributed by atoms with Gasteiger partial charge in [-0.05, 0) is 50.9 Å². The van der Waals surface area contributed by atoms with E-state index in [-0.39, 0.29) is 0 Å². The Morgan fingerprint density at radius 2 is 2.14 bits per heavy atom. The molecule has 1 heterocycles. The second-order valence-electron chi connectivity index (χ2n) is 6.34. The van der Waals surface area contributed by atoms with Crippen LogP contribution in [0.25, 0.3) is 0 Å². The van der Waals surface area contributed by atoms with Gasteiger partial charge in [0.25, 0.3) is 0 Å².